The monoisotopic (exact) mass is 273 g/mol. The lowest BCUT2D eigenvalue weighted by Gasteiger charge is -2.19. The Kier molecular flexibility index (Phi) is 2.94. The smallest absolute Gasteiger partial charge is 0.310 e. The van der Waals surface area contributed by atoms with Crippen molar-refractivity contribution in [1.29, 1.82) is 0 Å². The molecule has 0 aromatic carbocycles. The highest BCUT2D eigenvalue weighted by Crippen LogP contribution is 2.33. The van der Waals surface area contributed by atoms with E-state index in [-0.39, 0.29) is 18.1 Å². The molecule has 1 N–H and O–H groups in total. The van der Waals surface area contributed by atoms with E-state index in [0.717, 1.165) is 0 Å². The van der Waals surface area contributed by atoms with Gasteiger partial charge in [0.25, 0.3) is 10.0 Å². The van der Waals surface area contributed by atoms with Crippen LogP contribution in [0.15, 0.2) is 17.6 Å². The van der Waals surface area contributed by atoms with Gasteiger partial charge in [0.05, 0.1) is 11.7 Å². The minimum absolute atomic E-state index is 0.0127. The normalized spacial score (nSPS) is 25.4. The Bertz CT molecular complexity index is 580. The topological polar surface area (TPSA) is 92.5 Å². The number of hydrogen-bond donors (Lipinski definition) is 1. The molecule has 100 valence electrons. The maximum Gasteiger partial charge on any atom is 0.310 e. The third-order valence-electron chi connectivity index (χ3n) is 3.24. The van der Waals surface area contributed by atoms with Gasteiger partial charge in [0, 0.05) is 26.3 Å². The van der Waals surface area contributed by atoms with Crippen LogP contribution in [0.1, 0.15) is 13.3 Å². The van der Waals surface area contributed by atoms with E-state index in [1.165, 1.54) is 16.8 Å². The Morgan fingerprint density at radius 3 is 2.67 bits per heavy atom. The van der Waals surface area contributed by atoms with E-state index in [0.29, 0.717) is 6.42 Å². The second kappa shape index (κ2) is 4.06. The number of imidazole rings is 1. The lowest BCUT2D eigenvalue weighted by atomic mass is 9.90. The summed E-state index contributed by atoms with van der Waals surface area (Å²) < 4.78 is 27.2. The van der Waals surface area contributed by atoms with Crippen LogP contribution in [0.3, 0.4) is 0 Å². The van der Waals surface area contributed by atoms with E-state index in [1.54, 1.807) is 18.5 Å². The predicted octanol–water partition coefficient (Wildman–Crippen LogP) is -0.0946. The molecule has 0 bridgehead atoms. The van der Waals surface area contributed by atoms with Gasteiger partial charge in [-0.05, 0) is 13.3 Å². The van der Waals surface area contributed by atoms with Crippen LogP contribution in [0.4, 0.5) is 0 Å². The first-order chi connectivity index (χ1) is 8.25. The largest absolute Gasteiger partial charge is 0.481 e. The van der Waals surface area contributed by atoms with Gasteiger partial charge in [-0.1, -0.05) is 0 Å². The molecule has 8 heteroatoms. The van der Waals surface area contributed by atoms with Crippen molar-refractivity contribution in [1.82, 2.24) is 13.9 Å². The number of carbonyl (C=O) groups is 1. The average Bonchev–Trinajstić information content (AvgIpc) is 2.86. The highest BCUT2D eigenvalue weighted by Gasteiger charge is 2.45. The Morgan fingerprint density at radius 1 is 1.56 bits per heavy atom. The van der Waals surface area contributed by atoms with Crippen LogP contribution < -0.4 is 0 Å². The van der Waals surface area contributed by atoms with E-state index >= 15 is 0 Å². The van der Waals surface area contributed by atoms with E-state index in [2.05, 4.69) is 4.98 Å². The molecule has 2 heterocycles. The van der Waals surface area contributed by atoms with Crippen LogP contribution in [0.5, 0.6) is 0 Å². The lowest BCUT2D eigenvalue weighted by molar-refractivity contribution is -0.146. The van der Waals surface area contributed by atoms with Gasteiger partial charge in [-0.3, -0.25) is 4.79 Å². The molecule has 1 fully saturated rings. The van der Waals surface area contributed by atoms with E-state index < -0.39 is 21.4 Å². The number of carboxylic acid groups (broad SMARTS) is 1. The molecular weight excluding hydrogens is 258 g/mol. The highest BCUT2D eigenvalue weighted by molar-refractivity contribution is 7.89. The molecule has 0 radical (unpaired) electrons. The van der Waals surface area contributed by atoms with Crippen molar-refractivity contribution < 1.29 is 18.3 Å². The maximum absolute atomic E-state index is 12.2. The molecule has 0 saturated carbocycles. The van der Waals surface area contributed by atoms with Crippen molar-refractivity contribution in [2.24, 2.45) is 12.5 Å². The number of nitrogens with zero attached hydrogens (tertiary/aromatic N) is 3. The van der Waals surface area contributed by atoms with Gasteiger partial charge in [-0.15, -0.1) is 0 Å². The third kappa shape index (κ3) is 2.01. The molecule has 1 saturated heterocycles. The van der Waals surface area contributed by atoms with Gasteiger partial charge in [-0.2, -0.15) is 4.31 Å². The first-order valence-corrected chi connectivity index (χ1v) is 6.91. The van der Waals surface area contributed by atoms with Crippen LogP contribution >= 0.6 is 0 Å². The first-order valence-electron chi connectivity index (χ1n) is 5.47. The standard InChI is InChI=1S/C10H15N3O4S/c1-10(9(14)15)3-4-13(6-10)18(16,17)8-5-12(2)7-11-8/h5,7H,3-4,6H2,1-2H3,(H,14,15). The van der Waals surface area contributed by atoms with Crippen LogP contribution in [-0.2, 0) is 21.9 Å². The van der Waals surface area contributed by atoms with Gasteiger partial charge in [-0.25, -0.2) is 13.4 Å². The van der Waals surface area contributed by atoms with Gasteiger partial charge in [0.15, 0.2) is 5.03 Å². The van der Waals surface area contributed by atoms with Gasteiger partial charge >= 0.3 is 5.97 Å². The van der Waals surface area contributed by atoms with Crippen molar-refractivity contribution in [3.8, 4) is 0 Å². The van der Waals surface area contributed by atoms with Crippen LogP contribution in [0, 0.1) is 5.41 Å². The number of sulfonamides is 1. The van der Waals surface area contributed by atoms with Gasteiger partial charge < -0.3 is 9.67 Å². The van der Waals surface area contributed by atoms with Crippen molar-refractivity contribution in [2.75, 3.05) is 13.1 Å². The number of aromatic nitrogens is 2. The minimum atomic E-state index is -3.68. The zero-order valence-electron chi connectivity index (χ0n) is 10.2. The Hall–Kier alpha value is -1.41. The fourth-order valence-electron chi connectivity index (χ4n) is 1.95. The fraction of sp³-hybridized carbons (Fsp3) is 0.600. The summed E-state index contributed by atoms with van der Waals surface area (Å²) in [6, 6.07) is 0. The first kappa shape index (κ1) is 13.0. The van der Waals surface area contributed by atoms with Crippen molar-refractivity contribution in [2.45, 2.75) is 18.4 Å². The van der Waals surface area contributed by atoms with Crippen LogP contribution in [-0.4, -0.2) is 46.4 Å². The molecule has 1 aromatic rings. The molecule has 1 unspecified atom stereocenters. The second-order valence-electron chi connectivity index (χ2n) is 4.83. The summed E-state index contributed by atoms with van der Waals surface area (Å²) in [6.07, 6.45) is 3.12. The highest BCUT2D eigenvalue weighted by atomic mass is 32.2. The molecule has 1 aromatic heterocycles. The van der Waals surface area contributed by atoms with Crippen LogP contribution in [0.25, 0.3) is 0 Å². The molecule has 18 heavy (non-hydrogen) atoms. The zero-order chi connectivity index (χ0) is 13.6. The SMILES string of the molecule is Cn1cnc(S(=O)(=O)N2CCC(C)(C(=O)O)C2)c1. The molecule has 1 aliphatic heterocycles. The van der Waals surface area contributed by atoms with Gasteiger partial charge in [0.1, 0.15) is 0 Å². The second-order valence-corrected chi connectivity index (χ2v) is 6.72. The van der Waals surface area contributed by atoms with E-state index in [1.807, 2.05) is 0 Å². The number of aryl methyl sites for hydroxylation is 1. The molecule has 1 aliphatic rings. The molecule has 7 nitrogen and oxygen atoms in total. The minimum Gasteiger partial charge on any atom is -0.481 e. The van der Waals surface area contributed by atoms with Crippen molar-refractivity contribution in [3.05, 3.63) is 12.5 Å². The summed E-state index contributed by atoms with van der Waals surface area (Å²) in [7, 11) is -2.01. The zero-order valence-corrected chi connectivity index (χ0v) is 11.0. The molecule has 0 spiro atoms. The molecule has 1 atom stereocenters. The number of carboxylic acids is 1. The third-order valence-corrected chi connectivity index (χ3v) is 4.97. The molecule has 0 amide bonds. The van der Waals surface area contributed by atoms with Crippen molar-refractivity contribution in [3.63, 3.8) is 0 Å². The maximum atomic E-state index is 12.2. The number of rotatable bonds is 3. The predicted molar refractivity (Wildman–Crippen MR) is 62.3 cm³/mol. The number of hydrogen-bond acceptors (Lipinski definition) is 4. The average molecular weight is 273 g/mol. The summed E-state index contributed by atoms with van der Waals surface area (Å²) in [5.74, 6) is -0.971. The summed E-state index contributed by atoms with van der Waals surface area (Å²) in [5.41, 5.74) is -1.01. The Morgan fingerprint density at radius 2 is 2.22 bits per heavy atom. The quantitative estimate of drug-likeness (QED) is 0.830. The number of aliphatic carboxylic acids is 1. The molecule has 0 aliphatic carbocycles. The lowest BCUT2D eigenvalue weighted by Crippen LogP contribution is -2.35. The van der Waals surface area contributed by atoms with E-state index in [9.17, 15) is 13.2 Å². The Labute approximate surface area is 105 Å². The summed E-state index contributed by atoms with van der Waals surface area (Å²) in [6.45, 7) is 1.76. The molecule has 2 rings (SSSR count). The van der Waals surface area contributed by atoms with E-state index in [4.69, 9.17) is 5.11 Å². The summed E-state index contributed by atoms with van der Waals surface area (Å²) in [4.78, 5) is 14.9. The fourth-order valence-corrected chi connectivity index (χ4v) is 3.48. The summed E-state index contributed by atoms with van der Waals surface area (Å²) in [5, 5.41) is 9.05. The summed E-state index contributed by atoms with van der Waals surface area (Å²) >= 11 is 0. The van der Waals surface area contributed by atoms with Crippen LogP contribution in [0.2, 0.25) is 0 Å². The van der Waals surface area contributed by atoms with Gasteiger partial charge in [0.2, 0.25) is 0 Å². The molecular formula is C10H15N3O4S. The van der Waals surface area contributed by atoms with Crippen molar-refractivity contribution >= 4 is 16.0 Å². The Balaban J connectivity index is 2.27.